The smallest absolute Gasteiger partial charge is 0.236 e. The first-order valence-corrected chi connectivity index (χ1v) is 8.66. The highest BCUT2D eigenvalue weighted by atomic mass is 16.5. The monoisotopic (exact) mass is 311 g/mol. The summed E-state index contributed by atoms with van der Waals surface area (Å²) in [5.41, 5.74) is 0. The molecule has 6 nitrogen and oxygen atoms in total. The van der Waals surface area contributed by atoms with Crippen LogP contribution in [0.4, 0.5) is 0 Å². The van der Waals surface area contributed by atoms with Crippen molar-refractivity contribution >= 4 is 5.91 Å². The molecule has 1 saturated carbocycles. The van der Waals surface area contributed by atoms with Gasteiger partial charge in [0, 0.05) is 26.2 Å². The molecule has 0 aromatic carbocycles. The number of ether oxygens (including phenoxy) is 2. The van der Waals surface area contributed by atoms with Gasteiger partial charge in [0.05, 0.1) is 38.0 Å². The number of hydrogen-bond acceptors (Lipinski definition) is 5. The van der Waals surface area contributed by atoms with E-state index >= 15 is 0 Å². The molecule has 1 amide bonds. The molecule has 1 aliphatic carbocycles. The van der Waals surface area contributed by atoms with Crippen LogP contribution in [-0.2, 0) is 14.3 Å². The summed E-state index contributed by atoms with van der Waals surface area (Å²) in [6.07, 6.45) is 5.09. The lowest BCUT2D eigenvalue weighted by Crippen LogP contribution is -2.57. The fraction of sp³-hybridized carbons (Fsp3) is 0.938. The molecule has 1 N–H and O–H groups in total. The third-order valence-corrected chi connectivity index (χ3v) is 5.04. The van der Waals surface area contributed by atoms with Gasteiger partial charge in [0.25, 0.3) is 0 Å². The Bertz CT molecular complexity index is 378. The molecule has 0 spiro atoms. The Morgan fingerprint density at radius 1 is 1.18 bits per heavy atom. The molecule has 0 radical (unpaired) electrons. The fourth-order valence-corrected chi connectivity index (χ4v) is 3.84. The van der Waals surface area contributed by atoms with E-state index in [0.717, 1.165) is 45.6 Å². The zero-order valence-electron chi connectivity index (χ0n) is 13.6. The Labute approximate surface area is 133 Å². The predicted octanol–water partition coefficient (Wildman–Crippen LogP) is 0.0766. The Hall–Kier alpha value is -0.690. The third kappa shape index (κ3) is 3.98. The van der Waals surface area contributed by atoms with Crippen molar-refractivity contribution in [3.05, 3.63) is 0 Å². The molecular formula is C16H29N3O3. The van der Waals surface area contributed by atoms with Gasteiger partial charge in [0.1, 0.15) is 0 Å². The van der Waals surface area contributed by atoms with Crippen molar-refractivity contribution in [2.45, 2.75) is 43.9 Å². The number of likely N-dealkylation sites (N-methyl/N-ethyl adjacent to an activating group) is 1. The van der Waals surface area contributed by atoms with Crippen LogP contribution in [0.3, 0.4) is 0 Å². The van der Waals surface area contributed by atoms with Gasteiger partial charge >= 0.3 is 0 Å². The first kappa shape index (κ1) is 16.2. The first-order chi connectivity index (χ1) is 10.7. The first-order valence-electron chi connectivity index (χ1n) is 8.66. The van der Waals surface area contributed by atoms with Crippen molar-refractivity contribution in [2.75, 3.05) is 53.0 Å². The SMILES string of the molecule is CN1CCO[C@H](CNCC(=O)N2CCO[C@@H]3CCCC[C@@H]32)C1. The average Bonchev–Trinajstić information content (AvgIpc) is 2.54. The van der Waals surface area contributed by atoms with Gasteiger partial charge in [-0.2, -0.15) is 0 Å². The zero-order valence-corrected chi connectivity index (χ0v) is 13.6. The molecule has 0 aromatic rings. The van der Waals surface area contributed by atoms with Crippen LogP contribution in [0.2, 0.25) is 0 Å². The van der Waals surface area contributed by atoms with E-state index in [0.29, 0.717) is 19.2 Å². The number of morpholine rings is 2. The van der Waals surface area contributed by atoms with Gasteiger partial charge in [-0.3, -0.25) is 4.79 Å². The highest BCUT2D eigenvalue weighted by Gasteiger charge is 2.36. The summed E-state index contributed by atoms with van der Waals surface area (Å²) in [7, 11) is 2.11. The summed E-state index contributed by atoms with van der Waals surface area (Å²) in [5, 5.41) is 3.28. The van der Waals surface area contributed by atoms with E-state index in [1.54, 1.807) is 0 Å². The van der Waals surface area contributed by atoms with Crippen molar-refractivity contribution in [3.63, 3.8) is 0 Å². The highest BCUT2D eigenvalue weighted by Crippen LogP contribution is 2.28. The number of carbonyl (C=O) groups excluding carboxylic acids is 1. The lowest BCUT2D eigenvalue weighted by atomic mass is 9.90. The van der Waals surface area contributed by atoms with E-state index < -0.39 is 0 Å². The van der Waals surface area contributed by atoms with E-state index in [2.05, 4.69) is 17.3 Å². The number of nitrogens with zero attached hydrogens (tertiary/aromatic N) is 2. The van der Waals surface area contributed by atoms with E-state index in [-0.39, 0.29) is 18.1 Å². The van der Waals surface area contributed by atoms with Gasteiger partial charge in [0.2, 0.25) is 5.91 Å². The van der Waals surface area contributed by atoms with Gasteiger partial charge in [-0.1, -0.05) is 12.8 Å². The summed E-state index contributed by atoms with van der Waals surface area (Å²) in [4.78, 5) is 16.8. The van der Waals surface area contributed by atoms with Gasteiger partial charge in [0.15, 0.2) is 0 Å². The molecule has 3 aliphatic rings. The maximum Gasteiger partial charge on any atom is 0.236 e. The fourth-order valence-electron chi connectivity index (χ4n) is 3.84. The summed E-state index contributed by atoms with van der Waals surface area (Å²) in [6.45, 7) is 5.29. The third-order valence-electron chi connectivity index (χ3n) is 5.04. The number of fused-ring (bicyclic) bond motifs is 1. The number of carbonyl (C=O) groups is 1. The van der Waals surface area contributed by atoms with E-state index in [1.807, 2.05) is 4.90 Å². The molecule has 6 heteroatoms. The predicted molar refractivity (Wildman–Crippen MR) is 83.8 cm³/mol. The molecule has 2 aliphatic heterocycles. The topological polar surface area (TPSA) is 54.0 Å². The Morgan fingerprint density at radius 2 is 2.00 bits per heavy atom. The highest BCUT2D eigenvalue weighted by molar-refractivity contribution is 5.78. The molecule has 0 bridgehead atoms. The number of amides is 1. The molecule has 3 atom stereocenters. The molecular weight excluding hydrogens is 282 g/mol. The van der Waals surface area contributed by atoms with Crippen LogP contribution < -0.4 is 5.32 Å². The minimum atomic E-state index is 0.193. The maximum absolute atomic E-state index is 12.5. The summed E-state index contributed by atoms with van der Waals surface area (Å²) in [5.74, 6) is 0.212. The van der Waals surface area contributed by atoms with E-state index in [1.165, 1.54) is 12.8 Å². The number of hydrogen-bond donors (Lipinski definition) is 1. The maximum atomic E-state index is 12.5. The lowest BCUT2D eigenvalue weighted by Gasteiger charge is -2.43. The van der Waals surface area contributed by atoms with Crippen LogP contribution in [0.5, 0.6) is 0 Å². The van der Waals surface area contributed by atoms with Crippen LogP contribution in [-0.4, -0.2) is 86.9 Å². The summed E-state index contributed by atoms with van der Waals surface area (Å²) >= 11 is 0. The standard InChI is InChI=1S/C16H29N3O3/c1-18-6-8-21-13(12-18)10-17-11-16(20)19-7-9-22-15-5-3-2-4-14(15)19/h13-15,17H,2-12H2,1H3/t13-,14+,15-/m1/s1. The Morgan fingerprint density at radius 3 is 2.86 bits per heavy atom. The van der Waals surface area contributed by atoms with Crippen LogP contribution in [0.15, 0.2) is 0 Å². The second kappa shape index (κ2) is 7.73. The number of rotatable bonds is 4. The molecule has 2 saturated heterocycles. The van der Waals surface area contributed by atoms with Gasteiger partial charge < -0.3 is 24.6 Å². The van der Waals surface area contributed by atoms with Crippen molar-refractivity contribution in [1.82, 2.24) is 15.1 Å². The molecule has 126 valence electrons. The van der Waals surface area contributed by atoms with Gasteiger partial charge in [-0.15, -0.1) is 0 Å². The Balaban J connectivity index is 1.43. The molecule has 22 heavy (non-hydrogen) atoms. The van der Waals surface area contributed by atoms with Gasteiger partial charge in [-0.25, -0.2) is 0 Å². The molecule has 0 aromatic heterocycles. The largest absolute Gasteiger partial charge is 0.374 e. The van der Waals surface area contributed by atoms with Crippen molar-refractivity contribution in [1.29, 1.82) is 0 Å². The van der Waals surface area contributed by atoms with E-state index in [4.69, 9.17) is 9.47 Å². The second-order valence-electron chi connectivity index (χ2n) is 6.73. The van der Waals surface area contributed by atoms with Crippen LogP contribution in [0.25, 0.3) is 0 Å². The average molecular weight is 311 g/mol. The quantitative estimate of drug-likeness (QED) is 0.797. The van der Waals surface area contributed by atoms with Gasteiger partial charge in [-0.05, 0) is 19.9 Å². The van der Waals surface area contributed by atoms with E-state index in [9.17, 15) is 4.79 Å². The number of nitrogens with one attached hydrogen (secondary N) is 1. The normalized spacial score (nSPS) is 33.5. The Kier molecular flexibility index (Phi) is 5.68. The van der Waals surface area contributed by atoms with Crippen LogP contribution >= 0.6 is 0 Å². The van der Waals surface area contributed by atoms with Crippen molar-refractivity contribution < 1.29 is 14.3 Å². The summed E-state index contributed by atoms with van der Waals surface area (Å²) < 4.78 is 11.5. The van der Waals surface area contributed by atoms with Crippen LogP contribution in [0, 0.1) is 0 Å². The second-order valence-corrected chi connectivity index (χ2v) is 6.73. The lowest BCUT2D eigenvalue weighted by molar-refractivity contribution is -0.148. The minimum Gasteiger partial charge on any atom is -0.374 e. The molecule has 3 rings (SSSR count). The molecule has 0 unspecified atom stereocenters. The zero-order chi connectivity index (χ0) is 15.4. The molecule has 2 heterocycles. The summed E-state index contributed by atoms with van der Waals surface area (Å²) in [6, 6.07) is 0.300. The van der Waals surface area contributed by atoms with Crippen LogP contribution in [0.1, 0.15) is 25.7 Å². The van der Waals surface area contributed by atoms with Crippen molar-refractivity contribution in [3.8, 4) is 0 Å². The minimum absolute atomic E-state index is 0.193. The molecule has 3 fully saturated rings. The van der Waals surface area contributed by atoms with Crippen molar-refractivity contribution in [2.24, 2.45) is 0 Å².